The molecule has 3 N–H and O–H groups in total. The number of anilines is 2. The number of carbonyl (C=O) groups is 1. The molecule has 2 aromatic heterocycles. The van der Waals surface area contributed by atoms with Crippen LogP contribution in [0.1, 0.15) is 10.4 Å². The van der Waals surface area contributed by atoms with Gasteiger partial charge in [0.1, 0.15) is 11.6 Å². The topological polar surface area (TPSA) is 140 Å². The molecule has 192 valence electrons. The Morgan fingerprint density at radius 3 is 2.24 bits per heavy atom. The fourth-order valence-corrected chi connectivity index (χ4v) is 4.25. The summed E-state index contributed by atoms with van der Waals surface area (Å²) in [6.07, 6.45) is 0. The number of ether oxygens (including phenoxy) is 3. The number of halogens is 1. The fraction of sp³-hybridized carbons (Fsp3) is 0.200. The Morgan fingerprint density at radius 1 is 0.946 bits per heavy atom. The number of nitrogens with one attached hydrogen (secondary N) is 1. The zero-order valence-electron chi connectivity index (χ0n) is 20.7. The summed E-state index contributed by atoms with van der Waals surface area (Å²) in [5.41, 5.74) is 5.86. The molecule has 1 amide bonds. The van der Waals surface area contributed by atoms with Crippen molar-refractivity contribution < 1.29 is 19.0 Å². The molecule has 0 atom stereocenters. The Morgan fingerprint density at radius 2 is 1.59 bits per heavy atom. The van der Waals surface area contributed by atoms with Gasteiger partial charge in [0.25, 0.3) is 11.5 Å². The first-order valence-electron chi connectivity index (χ1n) is 10.9. The summed E-state index contributed by atoms with van der Waals surface area (Å²) in [4.78, 5) is 44.0. The molecular formula is C25H24ClN5O6. The molecule has 0 fully saturated rings. The van der Waals surface area contributed by atoms with Crippen LogP contribution in [0.5, 0.6) is 17.2 Å². The van der Waals surface area contributed by atoms with Crippen molar-refractivity contribution in [3.63, 3.8) is 0 Å². The van der Waals surface area contributed by atoms with Crippen LogP contribution >= 0.6 is 11.6 Å². The van der Waals surface area contributed by atoms with Gasteiger partial charge >= 0.3 is 5.69 Å². The predicted molar refractivity (Wildman–Crippen MR) is 141 cm³/mol. The lowest BCUT2D eigenvalue weighted by atomic mass is 9.96. The largest absolute Gasteiger partial charge is 0.495 e. The molecule has 2 aromatic carbocycles. The summed E-state index contributed by atoms with van der Waals surface area (Å²) < 4.78 is 18.2. The first kappa shape index (κ1) is 25.6. The molecule has 0 radical (unpaired) electrons. The zero-order chi connectivity index (χ0) is 27.0. The average molecular weight is 526 g/mol. The molecule has 0 aliphatic carbocycles. The SMILES string of the molecule is COc1ccc(Cl)cc1NC(=O)c1c(N)nc2c(c1-c1ccc(OC)c(OC)c1)c(=O)n(C)c(=O)n2C. The highest BCUT2D eigenvalue weighted by Gasteiger charge is 2.27. The number of nitrogens with two attached hydrogens (primary N) is 1. The van der Waals surface area contributed by atoms with E-state index >= 15 is 0 Å². The van der Waals surface area contributed by atoms with E-state index < -0.39 is 17.2 Å². The van der Waals surface area contributed by atoms with Crippen molar-refractivity contribution in [1.29, 1.82) is 0 Å². The first-order chi connectivity index (χ1) is 17.6. The summed E-state index contributed by atoms with van der Waals surface area (Å²) in [5.74, 6) is 0.281. The van der Waals surface area contributed by atoms with E-state index in [1.54, 1.807) is 30.3 Å². The number of benzene rings is 2. The lowest BCUT2D eigenvalue weighted by Gasteiger charge is -2.18. The molecule has 0 bridgehead atoms. The number of hydrogen-bond donors (Lipinski definition) is 2. The number of hydrogen-bond acceptors (Lipinski definition) is 8. The number of nitrogen functional groups attached to an aromatic ring is 1. The standard InChI is InChI=1S/C25H24ClN5O6/c1-30-22-20(24(33)31(2)25(30)34)18(12-6-8-16(36-4)17(10-12)37-5)19(21(27)29-22)23(32)28-14-11-13(26)7-9-15(14)35-3/h6-11H,1-5H3,(H2,27,29)(H,28,32). The maximum atomic E-state index is 13.7. The van der Waals surface area contributed by atoms with Gasteiger partial charge in [-0.1, -0.05) is 17.7 Å². The van der Waals surface area contributed by atoms with E-state index in [0.29, 0.717) is 27.8 Å². The summed E-state index contributed by atoms with van der Waals surface area (Å²) in [7, 11) is 7.20. The van der Waals surface area contributed by atoms with Crippen molar-refractivity contribution in [2.45, 2.75) is 0 Å². The number of pyridine rings is 1. The number of rotatable bonds is 6. The van der Waals surface area contributed by atoms with Crippen LogP contribution in [0.3, 0.4) is 0 Å². The van der Waals surface area contributed by atoms with Crippen molar-refractivity contribution in [2.75, 3.05) is 32.4 Å². The smallest absolute Gasteiger partial charge is 0.332 e. The quantitative estimate of drug-likeness (QED) is 0.391. The van der Waals surface area contributed by atoms with Crippen LogP contribution < -0.4 is 36.5 Å². The van der Waals surface area contributed by atoms with Crippen LogP contribution in [0.2, 0.25) is 5.02 Å². The molecule has 0 aliphatic rings. The number of carbonyl (C=O) groups excluding carboxylic acids is 1. The van der Waals surface area contributed by atoms with Crippen LogP contribution in [0.25, 0.3) is 22.2 Å². The molecule has 4 rings (SSSR count). The molecule has 0 saturated heterocycles. The Hall–Kier alpha value is -4.51. The molecule has 2 heterocycles. The second-order valence-corrected chi connectivity index (χ2v) is 8.46. The van der Waals surface area contributed by atoms with E-state index in [0.717, 1.165) is 4.57 Å². The summed E-state index contributed by atoms with van der Waals surface area (Å²) in [5, 5.41) is 3.13. The van der Waals surface area contributed by atoms with Crippen LogP contribution in [-0.2, 0) is 14.1 Å². The minimum Gasteiger partial charge on any atom is -0.495 e. The zero-order valence-corrected chi connectivity index (χ0v) is 21.5. The van der Waals surface area contributed by atoms with E-state index in [1.165, 1.54) is 46.1 Å². The van der Waals surface area contributed by atoms with Crippen LogP contribution in [0.15, 0.2) is 46.0 Å². The van der Waals surface area contributed by atoms with E-state index in [-0.39, 0.29) is 33.7 Å². The number of aryl methyl sites for hydroxylation is 1. The third-order valence-corrected chi connectivity index (χ3v) is 6.16. The molecule has 0 aliphatic heterocycles. The van der Waals surface area contributed by atoms with Gasteiger partial charge in [0.05, 0.1) is 38.0 Å². The van der Waals surface area contributed by atoms with Gasteiger partial charge in [-0.2, -0.15) is 0 Å². The minimum atomic E-state index is -0.673. The highest BCUT2D eigenvalue weighted by molar-refractivity contribution is 6.31. The van der Waals surface area contributed by atoms with E-state index in [9.17, 15) is 14.4 Å². The van der Waals surface area contributed by atoms with Gasteiger partial charge in [-0.05, 0) is 35.9 Å². The van der Waals surface area contributed by atoms with Crippen molar-refractivity contribution >= 4 is 40.0 Å². The molecule has 0 spiro atoms. The predicted octanol–water partition coefficient (Wildman–Crippen LogP) is 2.81. The Bertz CT molecular complexity index is 1680. The third-order valence-electron chi connectivity index (χ3n) is 5.93. The second kappa shape index (κ2) is 9.86. The lowest BCUT2D eigenvalue weighted by molar-refractivity contribution is 0.102. The van der Waals surface area contributed by atoms with E-state index in [2.05, 4.69) is 10.3 Å². The number of amides is 1. The third kappa shape index (κ3) is 4.33. The molecular weight excluding hydrogens is 502 g/mol. The first-order valence-corrected chi connectivity index (χ1v) is 11.3. The maximum absolute atomic E-state index is 13.7. The summed E-state index contributed by atoms with van der Waals surface area (Å²) >= 11 is 6.13. The molecule has 11 nitrogen and oxygen atoms in total. The number of aromatic nitrogens is 3. The highest BCUT2D eigenvalue weighted by atomic mass is 35.5. The van der Waals surface area contributed by atoms with Crippen molar-refractivity contribution in [3.05, 3.63) is 67.8 Å². The molecule has 0 saturated carbocycles. The lowest BCUT2D eigenvalue weighted by Crippen LogP contribution is -2.38. The van der Waals surface area contributed by atoms with E-state index in [4.69, 9.17) is 31.5 Å². The van der Waals surface area contributed by atoms with Gasteiger partial charge in [-0.3, -0.25) is 18.7 Å². The maximum Gasteiger partial charge on any atom is 0.332 e. The van der Waals surface area contributed by atoms with Gasteiger partial charge in [0.15, 0.2) is 17.1 Å². The van der Waals surface area contributed by atoms with Gasteiger partial charge in [-0.25, -0.2) is 9.78 Å². The van der Waals surface area contributed by atoms with Gasteiger partial charge in [0, 0.05) is 24.7 Å². The molecule has 0 unspecified atom stereocenters. The number of nitrogens with zero attached hydrogens (tertiary/aromatic N) is 3. The monoisotopic (exact) mass is 525 g/mol. The molecule has 4 aromatic rings. The highest BCUT2D eigenvalue weighted by Crippen LogP contribution is 2.38. The molecule has 37 heavy (non-hydrogen) atoms. The number of methoxy groups -OCH3 is 3. The fourth-order valence-electron chi connectivity index (χ4n) is 4.08. The Labute approximate surface area is 216 Å². The van der Waals surface area contributed by atoms with Crippen LogP contribution in [-0.4, -0.2) is 41.4 Å². The Balaban J connectivity index is 2.10. The average Bonchev–Trinajstić information content (AvgIpc) is 2.89. The van der Waals surface area contributed by atoms with Crippen molar-refractivity contribution in [2.24, 2.45) is 14.1 Å². The van der Waals surface area contributed by atoms with Gasteiger partial charge in [-0.15, -0.1) is 0 Å². The summed E-state index contributed by atoms with van der Waals surface area (Å²) in [6, 6.07) is 9.61. The van der Waals surface area contributed by atoms with Gasteiger partial charge in [0.2, 0.25) is 0 Å². The van der Waals surface area contributed by atoms with Crippen molar-refractivity contribution in [3.8, 4) is 28.4 Å². The number of fused-ring (bicyclic) bond motifs is 1. The van der Waals surface area contributed by atoms with E-state index in [1.807, 2.05) is 0 Å². The summed E-state index contributed by atoms with van der Waals surface area (Å²) in [6.45, 7) is 0. The van der Waals surface area contributed by atoms with Gasteiger partial charge < -0.3 is 25.3 Å². The normalized spacial score (nSPS) is 10.9. The van der Waals surface area contributed by atoms with Crippen molar-refractivity contribution in [1.82, 2.24) is 14.1 Å². The Kier molecular flexibility index (Phi) is 6.82. The van der Waals surface area contributed by atoms with Crippen LogP contribution in [0, 0.1) is 0 Å². The molecule has 12 heteroatoms. The minimum absolute atomic E-state index is 0.0206. The second-order valence-electron chi connectivity index (χ2n) is 8.02. The van der Waals surface area contributed by atoms with Crippen LogP contribution in [0.4, 0.5) is 11.5 Å².